The van der Waals surface area contributed by atoms with Gasteiger partial charge in [-0.2, -0.15) is 0 Å². The monoisotopic (exact) mass is 1410 g/mol. The molecular formula is C77H146O17P2. The predicted octanol–water partition coefficient (Wildman–Crippen LogP) is 22.6. The zero-order chi connectivity index (χ0) is 70.4. The lowest BCUT2D eigenvalue weighted by atomic mass is 10.0. The molecule has 0 amide bonds. The minimum atomic E-state index is -4.96. The Balaban J connectivity index is 5.28. The molecular weight excluding hydrogens is 1260 g/mol. The fourth-order valence-electron chi connectivity index (χ4n) is 11.3. The number of carbonyl (C=O) groups excluding carboxylic acids is 4. The van der Waals surface area contributed by atoms with Gasteiger partial charge in [-0.05, 0) is 77.0 Å². The third-order valence-electron chi connectivity index (χ3n) is 17.4. The lowest BCUT2D eigenvalue weighted by Crippen LogP contribution is -2.30. The third kappa shape index (κ3) is 70.0. The van der Waals surface area contributed by atoms with Gasteiger partial charge in [0.1, 0.15) is 19.3 Å². The van der Waals surface area contributed by atoms with Crippen molar-refractivity contribution in [1.29, 1.82) is 0 Å². The van der Waals surface area contributed by atoms with Crippen LogP contribution in [0.3, 0.4) is 0 Å². The van der Waals surface area contributed by atoms with Gasteiger partial charge in [0.25, 0.3) is 0 Å². The van der Waals surface area contributed by atoms with Gasteiger partial charge in [-0.1, -0.05) is 309 Å². The SMILES string of the molecule is CCCCCC/C=C\CCCCCCCCCC(=O)OC[C@H](COP(=O)(O)OCC(O)COP(=O)(O)OC[C@@H](COC(=O)CCCCCCCCC/C=C\CCCCCC)OC(=O)CCCCCCCCCCCCCCC)OC(=O)CCCCCCCCCCCCCCC. The number of phosphoric acid groups is 2. The van der Waals surface area contributed by atoms with Gasteiger partial charge >= 0.3 is 39.5 Å². The first-order valence-electron chi connectivity index (χ1n) is 39.6. The minimum Gasteiger partial charge on any atom is -0.462 e. The summed E-state index contributed by atoms with van der Waals surface area (Å²) in [5.74, 6) is -2.13. The number of carbonyl (C=O) groups is 4. The minimum absolute atomic E-state index is 0.104. The molecule has 17 nitrogen and oxygen atoms in total. The van der Waals surface area contributed by atoms with Crippen molar-refractivity contribution in [2.24, 2.45) is 0 Å². The first-order chi connectivity index (χ1) is 46.7. The van der Waals surface area contributed by atoms with Crippen LogP contribution in [0, 0.1) is 0 Å². The molecule has 0 bridgehead atoms. The van der Waals surface area contributed by atoms with Crippen LogP contribution >= 0.6 is 15.6 Å². The van der Waals surface area contributed by atoms with Crippen molar-refractivity contribution >= 4 is 39.5 Å². The summed E-state index contributed by atoms with van der Waals surface area (Å²) in [5, 5.41) is 10.6. The largest absolute Gasteiger partial charge is 0.472 e. The molecule has 0 aliphatic rings. The highest BCUT2D eigenvalue weighted by Gasteiger charge is 2.30. The van der Waals surface area contributed by atoms with E-state index >= 15 is 0 Å². The molecule has 0 aromatic carbocycles. The molecule has 0 spiro atoms. The molecule has 2 unspecified atom stereocenters. The molecule has 0 aromatic heterocycles. The molecule has 0 radical (unpaired) electrons. The topological polar surface area (TPSA) is 237 Å². The zero-order valence-corrected chi connectivity index (χ0v) is 63.6. The maximum atomic E-state index is 13.1. The maximum Gasteiger partial charge on any atom is 0.472 e. The van der Waals surface area contributed by atoms with Crippen LogP contribution in [0.25, 0.3) is 0 Å². The number of aliphatic hydroxyl groups excluding tert-OH is 1. The van der Waals surface area contributed by atoms with Crippen LogP contribution in [-0.4, -0.2) is 96.7 Å². The summed E-state index contributed by atoms with van der Waals surface area (Å²) in [6, 6.07) is 0. The summed E-state index contributed by atoms with van der Waals surface area (Å²) >= 11 is 0. The van der Waals surface area contributed by atoms with Crippen LogP contribution in [0.2, 0.25) is 0 Å². The Morgan fingerprint density at radius 3 is 0.729 bits per heavy atom. The van der Waals surface area contributed by atoms with E-state index in [2.05, 4.69) is 52.0 Å². The Morgan fingerprint density at radius 1 is 0.281 bits per heavy atom. The van der Waals surface area contributed by atoms with E-state index in [0.29, 0.717) is 25.7 Å². The Hall–Kier alpha value is -2.46. The van der Waals surface area contributed by atoms with Crippen LogP contribution in [0.15, 0.2) is 24.3 Å². The van der Waals surface area contributed by atoms with Gasteiger partial charge in [-0.3, -0.25) is 37.3 Å². The molecule has 96 heavy (non-hydrogen) atoms. The van der Waals surface area contributed by atoms with Crippen LogP contribution < -0.4 is 0 Å². The van der Waals surface area contributed by atoms with Crippen LogP contribution in [0.5, 0.6) is 0 Å². The second kappa shape index (κ2) is 71.0. The first kappa shape index (κ1) is 93.5. The van der Waals surface area contributed by atoms with E-state index in [0.717, 1.165) is 128 Å². The Labute approximate surface area is 586 Å². The number of esters is 4. The molecule has 566 valence electrons. The average Bonchev–Trinajstić information content (AvgIpc) is 1.14. The lowest BCUT2D eigenvalue weighted by Gasteiger charge is -2.21. The van der Waals surface area contributed by atoms with E-state index in [1.165, 1.54) is 180 Å². The van der Waals surface area contributed by atoms with Crippen LogP contribution in [0.4, 0.5) is 0 Å². The van der Waals surface area contributed by atoms with Gasteiger partial charge in [0.05, 0.1) is 26.4 Å². The van der Waals surface area contributed by atoms with Gasteiger partial charge in [-0.15, -0.1) is 0 Å². The molecule has 0 aromatic rings. The smallest absolute Gasteiger partial charge is 0.462 e. The van der Waals surface area contributed by atoms with Crippen LogP contribution in [-0.2, 0) is 65.4 Å². The van der Waals surface area contributed by atoms with E-state index in [9.17, 15) is 43.2 Å². The Kier molecular flexibility index (Phi) is 69.1. The highest BCUT2D eigenvalue weighted by atomic mass is 31.2. The molecule has 0 fully saturated rings. The number of hydrogen-bond donors (Lipinski definition) is 3. The normalized spacial score (nSPS) is 14.0. The summed E-state index contributed by atoms with van der Waals surface area (Å²) in [4.78, 5) is 72.9. The summed E-state index contributed by atoms with van der Waals surface area (Å²) in [6.45, 7) is 4.94. The zero-order valence-electron chi connectivity index (χ0n) is 61.8. The molecule has 0 saturated heterocycles. The average molecular weight is 1410 g/mol. The number of unbranched alkanes of at least 4 members (excludes halogenated alkanes) is 46. The van der Waals surface area contributed by atoms with Crippen LogP contribution in [0.1, 0.15) is 387 Å². The number of rotatable bonds is 76. The summed E-state index contributed by atoms with van der Waals surface area (Å²) in [5.41, 5.74) is 0. The molecule has 4 atom stereocenters. The van der Waals surface area contributed by atoms with E-state index in [1.807, 2.05) is 0 Å². The predicted molar refractivity (Wildman–Crippen MR) is 391 cm³/mol. The number of ether oxygens (including phenoxy) is 4. The van der Waals surface area contributed by atoms with E-state index in [4.69, 9.17) is 37.0 Å². The molecule has 0 aliphatic carbocycles. The molecule has 0 aliphatic heterocycles. The quantitative estimate of drug-likeness (QED) is 0.0169. The molecule has 0 heterocycles. The standard InChI is InChI=1S/C77H146O17P2/c1-5-9-13-17-21-25-29-33-35-39-41-45-49-53-57-61-74(79)87-67-72(93-76(81)63-59-55-51-47-43-37-31-27-23-19-15-11-7-3)69-91-95(83,84)89-65-71(78)66-90-96(85,86)92-70-73(94-77(82)64-60-56-52-48-44-38-32-28-24-20-16-12-8-4)68-88-75(80)62-58-54-50-46-42-40-36-34-30-26-22-18-14-10-6-2/h25-26,29-30,71-73,78H,5-24,27-28,31-70H2,1-4H3,(H,83,84)(H,85,86)/b29-25-,30-26-/t72-,73-/m1/s1. The van der Waals surface area contributed by atoms with Crippen molar-refractivity contribution in [3.05, 3.63) is 24.3 Å². The van der Waals surface area contributed by atoms with Crippen molar-refractivity contribution < 1.29 is 80.2 Å². The third-order valence-corrected chi connectivity index (χ3v) is 19.3. The van der Waals surface area contributed by atoms with E-state index < -0.39 is 97.5 Å². The summed E-state index contributed by atoms with van der Waals surface area (Å²) in [6.07, 6.45) is 64.3. The molecule has 3 N–H and O–H groups in total. The van der Waals surface area contributed by atoms with Gasteiger partial charge in [-0.25, -0.2) is 9.13 Å². The number of aliphatic hydroxyl groups is 1. The van der Waals surface area contributed by atoms with Crippen molar-refractivity contribution in [2.45, 2.75) is 406 Å². The van der Waals surface area contributed by atoms with E-state index in [1.54, 1.807) is 0 Å². The Bertz CT molecular complexity index is 1790. The lowest BCUT2D eigenvalue weighted by molar-refractivity contribution is -0.161. The molecule has 0 rings (SSSR count). The highest BCUT2D eigenvalue weighted by molar-refractivity contribution is 7.47. The maximum absolute atomic E-state index is 13.1. The van der Waals surface area contributed by atoms with Gasteiger partial charge in [0.15, 0.2) is 12.2 Å². The van der Waals surface area contributed by atoms with E-state index in [-0.39, 0.29) is 25.7 Å². The second-order valence-electron chi connectivity index (χ2n) is 27.0. The number of hydrogen-bond acceptors (Lipinski definition) is 15. The van der Waals surface area contributed by atoms with Crippen molar-refractivity contribution in [2.75, 3.05) is 39.6 Å². The molecule has 19 heteroatoms. The second-order valence-corrected chi connectivity index (χ2v) is 29.9. The van der Waals surface area contributed by atoms with Gasteiger partial charge in [0.2, 0.25) is 0 Å². The summed E-state index contributed by atoms with van der Waals surface area (Å²) in [7, 11) is -9.92. The molecule has 0 saturated carbocycles. The van der Waals surface area contributed by atoms with Crippen molar-refractivity contribution in [3.8, 4) is 0 Å². The summed E-state index contributed by atoms with van der Waals surface area (Å²) < 4.78 is 68.6. The van der Waals surface area contributed by atoms with Crippen molar-refractivity contribution in [1.82, 2.24) is 0 Å². The number of phosphoric ester groups is 2. The number of allylic oxidation sites excluding steroid dienone is 4. The fourth-order valence-corrected chi connectivity index (χ4v) is 12.9. The Morgan fingerprint density at radius 2 is 0.479 bits per heavy atom. The highest BCUT2D eigenvalue weighted by Crippen LogP contribution is 2.45. The first-order valence-corrected chi connectivity index (χ1v) is 42.6. The fraction of sp³-hybridized carbons (Fsp3) is 0.896. The van der Waals surface area contributed by atoms with Crippen molar-refractivity contribution in [3.63, 3.8) is 0 Å². The van der Waals surface area contributed by atoms with Gasteiger partial charge in [0, 0.05) is 25.7 Å². The van der Waals surface area contributed by atoms with Gasteiger partial charge < -0.3 is 33.8 Å².